The van der Waals surface area contributed by atoms with Crippen molar-refractivity contribution in [2.45, 2.75) is 0 Å². The van der Waals surface area contributed by atoms with Gasteiger partial charge < -0.3 is 16.2 Å². The summed E-state index contributed by atoms with van der Waals surface area (Å²) in [5.41, 5.74) is 9.07. The second-order valence-electron chi connectivity index (χ2n) is 6.29. The number of nitrogens with two attached hydrogens (primary N) is 1. The fraction of sp³-hybridized carbons (Fsp3) is 0.0476. The molecule has 0 bridgehead atoms. The summed E-state index contributed by atoms with van der Waals surface area (Å²) in [4.78, 5) is 24.5. The zero-order valence-corrected chi connectivity index (χ0v) is 16.3. The van der Waals surface area contributed by atoms with Gasteiger partial charge >= 0.3 is 5.97 Å². The number of nitrogens with zero attached hydrogens (tertiary/aromatic N) is 3. The summed E-state index contributed by atoms with van der Waals surface area (Å²) >= 11 is 1.23. The molecule has 0 saturated heterocycles. The Kier molecular flexibility index (Phi) is 4.92. The number of hydrogen-bond acceptors (Lipinski definition) is 7. The number of carboxylic acid groups (broad SMARTS) is 1. The smallest absolute Gasteiger partial charge is 0.345 e. The summed E-state index contributed by atoms with van der Waals surface area (Å²) in [5, 5.41) is 13.3. The van der Waals surface area contributed by atoms with E-state index < -0.39 is 5.97 Å². The Morgan fingerprint density at radius 3 is 2.86 bits per heavy atom. The van der Waals surface area contributed by atoms with Gasteiger partial charge in [0.1, 0.15) is 10.7 Å². The topological polar surface area (TPSA) is 113 Å². The summed E-state index contributed by atoms with van der Waals surface area (Å²) in [6.07, 6.45) is 3.38. The molecule has 2 heterocycles. The van der Waals surface area contributed by atoms with E-state index in [4.69, 9.17) is 5.73 Å². The Hall–Kier alpha value is -3.78. The molecule has 0 aliphatic heterocycles. The Bertz CT molecular complexity index is 1250. The van der Waals surface area contributed by atoms with Crippen molar-refractivity contribution in [3.8, 4) is 11.4 Å². The minimum absolute atomic E-state index is 0.309. The van der Waals surface area contributed by atoms with E-state index in [0.717, 1.165) is 26.9 Å². The van der Waals surface area contributed by atoms with Crippen LogP contribution in [-0.4, -0.2) is 34.3 Å². The van der Waals surface area contributed by atoms with Crippen LogP contribution in [0.5, 0.6) is 0 Å². The average Bonchev–Trinajstić information content (AvgIpc) is 3.15. The number of aromatic nitrogens is 2. The highest BCUT2D eigenvalue weighted by Gasteiger charge is 2.11. The lowest BCUT2D eigenvalue weighted by Crippen LogP contribution is -1.99. The molecule has 0 spiro atoms. The molecule has 4 N–H and O–H groups in total. The Morgan fingerprint density at radius 1 is 1.21 bits per heavy atom. The van der Waals surface area contributed by atoms with Crippen LogP contribution in [0.3, 0.4) is 0 Å². The second kappa shape index (κ2) is 7.69. The van der Waals surface area contributed by atoms with Crippen LogP contribution in [-0.2, 0) is 0 Å². The van der Waals surface area contributed by atoms with Crippen molar-refractivity contribution in [1.82, 2.24) is 9.97 Å². The fourth-order valence-corrected chi connectivity index (χ4v) is 3.84. The third kappa shape index (κ3) is 3.92. The normalized spacial score (nSPS) is 11.2. The predicted octanol–water partition coefficient (Wildman–Crippen LogP) is 4.43. The summed E-state index contributed by atoms with van der Waals surface area (Å²) in [6, 6.07) is 14.7. The van der Waals surface area contributed by atoms with Crippen LogP contribution in [0.15, 0.2) is 59.7 Å². The van der Waals surface area contributed by atoms with Crippen LogP contribution < -0.4 is 11.1 Å². The van der Waals surface area contributed by atoms with E-state index in [-0.39, 0.29) is 0 Å². The molecule has 0 saturated carbocycles. The van der Waals surface area contributed by atoms with Crippen molar-refractivity contribution in [2.75, 3.05) is 18.1 Å². The number of fused-ring (bicyclic) bond motifs is 1. The van der Waals surface area contributed by atoms with Crippen LogP contribution in [0.2, 0.25) is 0 Å². The largest absolute Gasteiger partial charge is 0.477 e. The third-order valence-electron chi connectivity index (χ3n) is 4.27. The lowest BCUT2D eigenvalue weighted by Gasteiger charge is -2.09. The van der Waals surface area contributed by atoms with E-state index in [9.17, 15) is 9.90 Å². The summed E-state index contributed by atoms with van der Waals surface area (Å²) in [7, 11) is 1.69. The van der Waals surface area contributed by atoms with Gasteiger partial charge in [-0.15, -0.1) is 11.3 Å². The highest BCUT2D eigenvalue weighted by Crippen LogP contribution is 2.30. The second-order valence-corrected chi connectivity index (χ2v) is 7.37. The van der Waals surface area contributed by atoms with Gasteiger partial charge in [0.15, 0.2) is 5.82 Å². The van der Waals surface area contributed by atoms with E-state index in [0.29, 0.717) is 22.2 Å². The maximum Gasteiger partial charge on any atom is 0.345 e. The number of nitrogen functional groups attached to an aromatic ring is 1. The van der Waals surface area contributed by atoms with Crippen molar-refractivity contribution < 1.29 is 9.90 Å². The highest BCUT2D eigenvalue weighted by molar-refractivity contribution is 7.20. The molecule has 4 aromatic rings. The molecule has 4 rings (SSSR count). The van der Waals surface area contributed by atoms with Crippen molar-refractivity contribution in [2.24, 2.45) is 4.99 Å². The molecule has 0 amide bonds. The maximum absolute atomic E-state index is 11.2. The zero-order valence-electron chi connectivity index (χ0n) is 15.5. The van der Waals surface area contributed by atoms with E-state index >= 15 is 0 Å². The molecule has 2 aromatic carbocycles. The lowest BCUT2D eigenvalue weighted by atomic mass is 10.1. The molecule has 8 heteroatoms. The lowest BCUT2D eigenvalue weighted by molar-refractivity contribution is 0.0702. The molecule has 144 valence electrons. The first-order valence-corrected chi connectivity index (χ1v) is 9.54. The molecule has 0 atom stereocenters. The molecule has 0 radical (unpaired) electrons. The number of benzene rings is 2. The Morgan fingerprint density at radius 2 is 2.07 bits per heavy atom. The van der Waals surface area contributed by atoms with Crippen LogP contribution >= 0.6 is 11.3 Å². The minimum atomic E-state index is -0.925. The Labute approximate surface area is 170 Å². The van der Waals surface area contributed by atoms with Gasteiger partial charge in [-0.1, -0.05) is 12.1 Å². The summed E-state index contributed by atoms with van der Waals surface area (Å²) in [5.74, 6) is 0.260. The van der Waals surface area contributed by atoms with Gasteiger partial charge in [0, 0.05) is 46.7 Å². The van der Waals surface area contributed by atoms with E-state index in [2.05, 4.69) is 20.3 Å². The first-order valence-electron chi connectivity index (χ1n) is 8.72. The standard InChI is InChI=1S/C21H17N5O2S/c1-23-11-14-8-15(4-5-16(14)22)25-19-6-7-24-20(26-19)13-3-2-12-9-18(21(27)28)29-17(12)10-13/h2-11H,22H2,1H3,(H,27,28)(H,24,25,26)/b23-11-. The summed E-state index contributed by atoms with van der Waals surface area (Å²) in [6.45, 7) is 0. The molecule has 0 fully saturated rings. The van der Waals surface area contributed by atoms with Gasteiger partial charge in [0.05, 0.1) is 0 Å². The SMILES string of the molecule is C/N=C\c1cc(Nc2ccnc(-c3ccc4cc(C(=O)O)sc4c3)n2)ccc1N. The van der Waals surface area contributed by atoms with Crippen LogP contribution in [0.1, 0.15) is 15.2 Å². The molecular weight excluding hydrogens is 386 g/mol. The molecular formula is C21H17N5O2S. The van der Waals surface area contributed by atoms with Gasteiger partial charge in [-0.3, -0.25) is 4.99 Å². The number of anilines is 3. The van der Waals surface area contributed by atoms with E-state index in [1.165, 1.54) is 11.3 Å². The minimum Gasteiger partial charge on any atom is -0.477 e. The van der Waals surface area contributed by atoms with Gasteiger partial charge in [-0.25, -0.2) is 14.8 Å². The number of thiophene rings is 1. The quantitative estimate of drug-likeness (QED) is 0.335. The molecule has 0 unspecified atom stereocenters. The summed E-state index contributed by atoms with van der Waals surface area (Å²) < 4.78 is 0.879. The number of nitrogens with one attached hydrogen (secondary N) is 1. The molecule has 7 nitrogen and oxygen atoms in total. The number of aromatic carboxylic acids is 1. The molecule has 29 heavy (non-hydrogen) atoms. The monoisotopic (exact) mass is 403 g/mol. The van der Waals surface area contributed by atoms with Crippen LogP contribution in [0, 0.1) is 0 Å². The van der Waals surface area contributed by atoms with E-state index in [1.54, 1.807) is 31.6 Å². The van der Waals surface area contributed by atoms with Gasteiger partial charge in [-0.2, -0.15) is 0 Å². The van der Waals surface area contributed by atoms with E-state index in [1.807, 2.05) is 36.4 Å². The molecule has 0 aliphatic rings. The van der Waals surface area contributed by atoms with Crippen molar-refractivity contribution in [1.29, 1.82) is 0 Å². The van der Waals surface area contributed by atoms with Crippen molar-refractivity contribution >= 4 is 50.8 Å². The predicted molar refractivity (Wildman–Crippen MR) is 117 cm³/mol. The first kappa shape index (κ1) is 18.6. The number of carboxylic acids is 1. The average molecular weight is 403 g/mol. The van der Waals surface area contributed by atoms with Gasteiger partial charge in [0.25, 0.3) is 0 Å². The van der Waals surface area contributed by atoms with Crippen LogP contribution in [0.4, 0.5) is 17.2 Å². The van der Waals surface area contributed by atoms with Crippen LogP contribution in [0.25, 0.3) is 21.5 Å². The molecule has 0 aliphatic carbocycles. The number of carbonyl (C=O) groups is 1. The van der Waals surface area contributed by atoms with Gasteiger partial charge in [0.2, 0.25) is 0 Å². The number of aliphatic imine (C=N–C) groups is 1. The first-order chi connectivity index (χ1) is 14.0. The van der Waals surface area contributed by atoms with Crippen molar-refractivity contribution in [3.63, 3.8) is 0 Å². The van der Waals surface area contributed by atoms with Crippen molar-refractivity contribution in [3.05, 3.63) is 65.2 Å². The number of rotatable bonds is 5. The third-order valence-corrected chi connectivity index (χ3v) is 5.36. The zero-order chi connectivity index (χ0) is 20.4. The number of hydrogen-bond donors (Lipinski definition) is 3. The van der Waals surface area contributed by atoms with Gasteiger partial charge in [-0.05, 0) is 41.8 Å². The molecule has 2 aromatic heterocycles. The Balaban J connectivity index is 1.64. The maximum atomic E-state index is 11.2. The highest BCUT2D eigenvalue weighted by atomic mass is 32.1. The fourth-order valence-electron chi connectivity index (χ4n) is 2.89.